The molecule has 0 unspecified atom stereocenters. The molecule has 0 aromatic rings. The average Bonchev–Trinajstić information content (AvgIpc) is 2.39. The van der Waals surface area contributed by atoms with E-state index in [0.29, 0.717) is 18.2 Å². The van der Waals surface area contributed by atoms with Crippen molar-refractivity contribution >= 4 is 0 Å². The Labute approximate surface area is 99.3 Å². The first-order chi connectivity index (χ1) is 7.81. The van der Waals surface area contributed by atoms with Crippen molar-refractivity contribution in [1.29, 1.82) is 0 Å². The van der Waals surface area contributed by atoms with Gasteiger partial charge in [0.1, 0.15) is 0 Å². The molecule has 2 fully saturated rings. The zero-order valence-electron chi connectivity index (χ0n) is 10.5. The maximum atomic E-state index is 6.30. The van der Waals surface area contributed by atoms with E-state index in [1.54, 1.807) is 0 Å². The third-order valence-corrected chi connectivity index (χ3v) is 4.40. The van der Waals surface area contributed by atoms with Gasteiger partial charge in [0.2, 0.25) is 0 Å². The van der Waals surface area contributed by atoms with E-state index < -0.39 is 0 Å². The van der Waals surface area contributed by atoms with Crippen LogP contribution in [-0.4, -0.2) is 30.3 Å². The van der Waals surface area contributed by atoms with Crippen molar-refractivity contribution in [3.8, 4) is 0 Å². The van der Waals surface area contributed by atoms with Gasteiger partial charge in [-0.25, -0.2) is 5.01 Å². The summed E-state index contributed by atoms with van der Waals surface area (Å²) >= 11 is 0. The third kappa shape index (κ3) is 2.96. The topological polar surface area (TPSA) is 38.5 Å². The summed E-state index contributed by atoms with van der Waals surface area (Å²) in [4.78, 5) is 0. The number of rotatable bonds is 3. The van der Waals surface area contributed by atoms with Crippen LogP contribution in [0.4, 0.5) is 0 Å². The summed E-state index contributed by atoms with van der Waals surface area (Å²) in [5.41, 5.74) is 0. The molecule has 2 aliphatic rings. The number of nitrogens with two attached hydrogens (primary N) is 1. The smallest absolute Gasteiger partial charge is 0.0572 e. The minimum atomic E-state index is 0.482. The summed E-state index contributed by atoms with van der Waals surface area (Å²) in [5.74, 6) is 6.30. The summed E-state index contributed by atoms with van der Waals surface area (Å²) in [6.45, 7) is 0. The minimum Gasteiger partial charge on any atom is -0.381 e. The lowest BCUT2D eigenvalue weighted by Crippen LogP contribution is -2.50. The molecule has 0 spiro atoms. The fraction of sp³-hybridized carbons (Fsp3) is 1.00. The van der Waals surface area contributed by atoms with Crippen LogP contribution in [0, 0.1) is 0 Å². The van der Waals surface area contributed by atoms with Gasteiger partial charge >= 0.3 is 0 Å². The Balaban J connectivity index is 1.78. The van der Waals surface area contributed by atoms with Crippen LogP contribution in [0.3, 0.4) is 0 Å². The second kappa shape index (κ2) is 5.99. The highest BCUT2D eigenvalue weighted by Crippen LogP contribution is 2.28. The van der Waals surface area contributed by atoms with Gasteiger partial charge in [-0.1, -0.05) is 19.3 Å². The molecule has 2 rings (SSSR count). The van der Waals surface area contributed by atoms with Gasteiger partial charge in [0, 0.05) is 19.2 Å². The van der Waals surface area contributed by atoms with E-state index in [2.05, 4.69) is 5.01 Å². The van der Waals surface area contributed by atoms with Gasteiger partial charge in [0.15, 0.2) is 0 Å². The molecule has 0 aliphatic heterocycles. The van der Waals surface area contributed by atoms with Crippen LogP contribution in [-0.2, 0) is 4.74 Å². The Kier molecular flexibility index (Phi) is 4.62. The van der Waals surface area contributed by atoms with E-state index in [1.807, 2.05) is 7.11 Å². The maximum absolute atomic E-state index is 6.30. The molecule has 2 N–H and O–H groups in total. The van der Waals surface area contributed by atoms with Crippen molar-refractivity contribution in [3.63, 3.8) is 0 Å². The minimum absolute atomic E-state index is 0.482. The molecule has 0 atom stereocenters. The van der Waals surface area contributed by atoms with Crippen molar-refractivity contribution in [2.24, 2.45) is 5.84 Å². The largest absolute Gasteiger partial charge is 0.381 e. The zero-order chi connectivity index (χ0) is 11.4. The van der Waals surface area contributed by atoms with Crippen LogP contribution in [0.5, 0.6) is 0 Å². The average molecular weight is 226 g/mol. The molecular formula is C13H26N2O. The summed E-state index contributed by atoms with van der Waals surface area (Å²) in [7, 11) is 1.83. The van der Waals surface area contributed by atoms with Crippen molar-refractivity contribution in [2.45, 2.75) is 76.0 Å². The van der Waals surface area contributed by atoms with Crippen molar-refractivity contribution in [1.82, 2.24) is 5.01 Å². The Bertz CT molecular complexity index is 196. The molecule has 3 nitrogen and oxygen atoms in total. The normalized spacial score (nSPS) is 33.2. The Morgan fingerprint density at radius 1 is 0.875 bits per heavy atom. The van der Waals surface area contributed by atoms with Gasteiger partial charge in [0.05, 0.1) is 6.10 Å². The first-order valence-electron chi connectivity index (χ1n) is 6.87. The molecular weight excluding hydrogens is 200 g/mol. The zero-order valence-corrected chi connectivity index (χ0v) is 10.5. The van der Waals surface area contributed by atoms with Gasteiger partial charge in [0.25, 0.3) is 0 Å². The molecule has 2 saturated carbocycles. The van der Waals surface area contributed by atoms with Gasteiger partial charge in [-0.3, -0.25) is 5.84 Å². The van der Waals surface area contributed by atoms with Gasteiger partial charge in [-0.15, -0.1) is 0 Å². The number of hydrogen-bond donors (Lipinski definition) is 1. The van der Waals surface area contributed by atoms with Gasteiger partial charge < -0.3 is 4.74 Å². The fourth-order valence-corrected chi connectivity index (χ4v) is 3.26. The van der Waals surface area contributed by atoms with Crippen molar-refractivity contribution in [3.05, 3.63) is 0 Å². The van der Waals surface area contributed by atoms with Crippen LogP contribution in [0.1, 0.15) is 57.8 Å². The second-order valence-electron chi connectivity index (χ2n) is 5.41. The van der Waals surface area contributed by atoms with E-state index in [9.17, 15) is 0 Å². The highest BCUT2D eigenvalue weighted by Gasteiger charge is 2.29. The van der Waals surface area contributed by atoms with E-state index >= 15 is 0 Å². The van der Waals surface area contributed by atoms with E-state index in [1.165, 1.54) is 57.8 Å². The monoisotopic (exact) mass is 226 g/mol. The molecule has 3 heteroatoms. The summed E-state index contributed by atoms with van der Waals surface area (Å²) in [6, 6.07) is 1.26. The molecule has 0 radical (unpaired) electrons. The molecule has 0 heterocycles. The highest BCUT2D eigenvalue weighted by atomic mass is 16.5. The lowest BCUT2D eigenvalue weighted by atomic mass is 9.89. The number of nitrogens with zero attached hydrogens (tertiary/aromatic N) is 1. The number of ether oxygens (including phenoxy) is 1. The van der Waals surface area contributed by atoms with Crippen LogP contribution < -0.4 is 5.84 Å². The van der Waals surface area contributed by atoms with Crippen LogP contribution in [0.2, 0.25) is 0 Å². The van der Waals surface area contributed by atoms with Crippen molar-refractivity contribution < 1.29 is 4.74 Å². The molecule has 0 saturated heterocycles. The third-order valence-electron chi connectivity index (χ3n) is 4.40. The number of hydrazine groups is 1. The maximum Gasteiger partial charge on any atom is 0.0572 e. The standard InChI is InChI=1S/C13H26N2O/c1-16-13-9-7-12(8-10-13)15(14)11-5-3-2-4-6-11/h11-13H,2-10,14H2,1H3. The van der Waals surface area contributed by atoms with E-state index in [4.69, 9.17) is 10.6 Å². The molecule has 0 amide bonds. The lowest BCUT2D eigenvalue weighted by molar-refractivity contribution is 0.0190. The van der Waals surface area contributed by atoms with E-state index in [0.717, 1.165) is 0 Å². The molecule has 2 aliphatic carbocycles. The Morgan fingerprint density at radius 3 is 2.00 bits per heavy atom. The molecule has 0 bridgehead atoms. The van der Waals surface area contributed by atoms with E-state index in [-0.39, 0.29) is 0 Å². The number of hydrogen-bond acceptors (Lipinski definition) is 3. The summed E-state index contributed by atoms with van der Waals surface area (Å²) in [6.07, 6.45) is 12.0. The molecule has 94 valence electrons. The summed E-state index contributed by atoms with van der Waals surface area (Å²) in [5, 5.41) is 2.19. The lowest BCUT2D eigenvalue weighted by Gasteiger charge is -2.39. The fourth-order valence-electron chi connectivity index (χ4n) is 3.26. The quantitative estimate of drug-likeness (QED) is 0.593. The first-order valence-corrected chi connectivity index (χ1v) is 6.87. The van der Waals surface area contributed by atoms with Gasteiger partial charge in [-0.05, 0) is 38.5 Å². The SMILES string of the molecule is COC1CCC(N(N)C2CCCCC2)CC1. The molecule has 16 heavy (non-hydrogen) atoms. The summed E-state index contributed by atoms with van der Waals surface area (Å²) < 4.78 is 5.41. The second-order valence-corrected chi connectivity index (χ2v) is 5.41. The predicted octanol–water partition coefficient (Wildman–Crippen LogP) is 2.45. The molecule has 0 aromatic carbocycles. The first kappa shape index (κ1) is 12.3. The Hall–Kier alpha value is -0.120. The van der Waals surface area contributed by atoms with Gasteiger partial charge in [-0.2, -0.15) is 0 Å². The number of methoxy groups -OCH3 is 1. The molecule has 0 aromatic heterocycles. The highest BCUT2D eigenvalue weighted by molar-refractivity contribution is 4.82. The van der Waals surface area contributed by atoms with Crippen molar-refractivity contribution in [2.75, 3.05) is 7.11 Å². The Morgan fingerprint density at radius 2 is 1.44 bits per heavy atom. The van der Waals surface area contributed by atoms with Crippen LogP contribution in [0.25, 0.3) is 0 Å². The van der Waals surface area contributed by atoms with Crippen LogP contribution in [0.15, 0.2) is 0 Å². The van der Waals surface area contributed by atoms with Crippen LogP contribution >= 0.6 is 0 Å². The predicted molar refractivity (Wildman–Crippen MR) is 66.0 cm³/mol.